The van der Waals surface area contributed by atoms with Crippen molar-refractivity contribution < 1.29 is 4.79 Å². The first-order valence-electron chi connectivity index (χ1n) is 9.19. The first-order valence-corrected chi connectivity index (χ1v) is 11.8. The topological polar surface area (TPSA) is 76.9 Å². The van der Waals surface area contributed by atoms with Gasteiger partial charge in [0.25, 0.3) is 5.56 Å². The number of aromatic nitrogens is 3. The Kier molecular flexibility index (Phi) is 6.32. The molecule has 0 aliphatic heterocycles. The normalized spacial score (nSPS) is 11.2. The van der Waals surface area contributed by atoms with Gasteiger partial charge in [0, 0.05) is 23.6 Å². The fourth-order valence-electron chi connectivity index (χ4n) is 2.76. The predicted molar refractivity (Wildman–Crippen MR) is 124 cm³/mol. The van der Waals surface area contributed by atoms with Crippen LogP contribution in [0, 0.1) is 6.92 Å². The van der Waals surface area contributed by atoms with Crippen molar-refractivity contribution in [2.45, 2.75) is 13.5 Å². The van der Waals surface area contributed by atoms with Gasteiger partial charge in [-0.1, -0.05) is 12.1 Å². The number of aryl methyl sites for hydroxylation is 1. The average Bonchev–Trinajstić information content (AvgIpc) is 3.50. The summed E-state index contributed by atoms with van der Waals surface area (Å²) in [5.74, 6) is -0.202. The highest BCUT2D eigenvalue weighted by molar-refractivity contribution is 7.23. The van der Waals surface area contributed by atoms with Gasteiger partial charge >= 0.3 is 0 Å². The summed E-state index contributed by atoms with van der Waals surface area (Å²) in [7, 11) is 0. The van der Waals surface area contributed by atoms with Gasteiger partial charge in [0.1, 0.15) is 10.7 Å². The van der Waals surface area contributed by atoms with Crippen molar-refractivity contribution in [2.75, 3.05) is 6.54 Å². The van der Waals surface area contributed by atoms with E-state index in [1.807, 2.05) is 41.9 Å². The molecule has 0 saturated carbocycles. The number of thiophene rings is 2. The number of carbonyl (C=O) groups excluding carboxylic acids is 1. The van der Waals surface area contributed by atoms with Crippen molar-refractivity contribution in [3.63, 3.8) is 0 Å². The first-order chi connectivity index (χ1) is 14.6. The van der Waals surface area contributed by atoms with E-state index in [-0.39, 0.29) is 11.5 Å². The van der Waals surface area contributed by atoms with Crippen molar-refractivity contribution in [3.05, 3.63) is 74.2 Å². The fourth-order valence-corrected chi connectivity index (χ4v) is 5.20. The minimum absolute atomic E-state index is 0.202. The van der Waals surface area contributed by atoms with E-state index >= 15 is 0 Å². The summed E-state index contributed by atoms with van der Waals surface area (Å²) in [6, 6.07) is 11.1. The van der Waals surface area contributed by atoms with Gasteiger partial charge in [0.15, 0.2) is 0 Å². The molecule has 4 aromatic rings. The van der Waals surface area contributed by atoms with Gasteiger partial charge < -0.3 is 5.32 Å². The van der Waals surface area contributed by atoms with E-state index in [0.717, 1.165) is 25.3 Å². The third kappa shape index (κ3) is 4.81. The Morgan fingerprint density at radius 2 is 2.00 bits per heavy atom. The predicted octanol–water partition coefficient (Wildman–Crippen LogP) is 4.29. The second kappa shape index (κ2) is 9.29. The van der Waals surface area contributed by atoms with Crippen LogP contribution in [-0.4, -0.2) is 27.2 Å². The van der Waals surface area contributed by atoms with Crippen LogP contribution in [0.2, 0.25) is 0 Å². The van der Waals surface area contributed by atoms with Gasteiger partial charge in [-0.25, -0.2) is 9.67 Å². The molecule has 0 bridgehead atoms. The minimum Gasteiger partial charge on any atom is -0.351 e. The lowest BCUT2D eigenvalue weighted by Gasteiger charge is -2.07. The SMILES string of the molecule is Cc1nc(-c2cccs2)sc1-c1ccc(=O)n(CCNC(=O)/C=C/c2cccs2)n1. The summed E-state index contributed by atoms with van der Waals surface area (Å²) < 4.78 is 1.38. The lowest BCUT2D eigenvalue weighted by molar-refractivity contribution is -0.116. The monoisotopic (exact) mass is 454 g/mol. The third-order valence-electron chi connectivity index (χ3n) is 4.19. The molecule has 6 nitrogen and oxygen atoms in total. The van der Waals surface area contributed by atoms with Crippen LogP contribution in [0.25, 0.3) is 26.5 Å². The van der Waals surface area contributed by atoms with Crippen LogP contribution < -0.4 is 10.9 Å². The summed E-state index contributed by atoms with van der Waals surface area (Å²) in [5.41, 5.74) is 1.38. The number of nitrogens with one attached hydrogen (secondary N) is 1. The molecule has 4 aromatic heterocycles. The van der Waals surface area contributed by atoms with Crippen LogP contribution in [0.15, 0.2) is 58.0 Å². The van der Waals surface area contributed by atoms with Crippen LogP contribution in [0.1, 0.15) is 10.6 Å². The molecule has 9 heteroatoms. The Morgan fingerprint density at radius 3 is 2.77 bits per heavy atom. The van der Waals surface area contributed by atoms with Crippen LogP contribution in [0.5, 0.6) is 0 Å². The van der Waals surface area contributed by atoms with Crippen LogP contribution in [0.4, 0.5) is 0 Å². The number of rotatable bonds is 7. The molecule has 0 unspecified atom stereocenters. The Morgan fingerprint density at radius 1 is 1.17 bits per heavy atom. The van der Waals surface area contributed by atoms with Gasteiger partial charge in [0.05, 0.1) is 22.0 Å². The molecule has 0 spiro atoms. The number of nitrogens with zero attached hydrogens (tertiary/aromatic N) is 3. The Bertz CT molecular complexity index is 1220. The zero-order valence-electron chi connectivity index (χ0n) is 16.1. The molecule has 0 aliphatic carbocycles. The summed E-state index contributed by atoms with van der Waals surface area (Å²) in [5, 5.41) is 12.2. The molecule has 0 saturated heterocycles. The Hall–Kier alpha value is -2.88. The quantitative estimate of drug-likeness (QED) is 0.423. The lowest BCUT2D eigenvalue weighted by atomic mass is 10.3. The zero-order chi connectivity index (χ0) is 20.9. The molecule has 1 N–H and O–H groups in total. The number of thiazole rings is 1. The molecule has 152 valence electrons. The van der Waals surface area contributed by atoms with Crippen LogP contribution in [0.3, 0.4) is 0 Å². The molecular formula is C21H18N4O2S3. The third-order valence-corrected chi connectivity index (χ3v) is 7.25. The highest BCUT2D eigenvalue weighted by Crippen LogP contribution is 2.35. The van der Waals surface area contributed by atoms with Crippen molar-refractivity contribution >= 4 is 46.0 Å². The van der Waals surface area contributed by atoms with Crippen molar-refractivity contribution in [1.82, 2.24) is 20.1 Å². The smallest absolute Gasteiger partial charge is 0.266 e. The number of hydrogen-bond donors (Lipinski definition) is 1. The van der Waals surface area contributed by atoms with Gasteiger partial charge in [-0.15, -0.1) is 34.0 Å². The molecule has 4 heterocycles. The lowest BCUT2D eigenvalue weighted by Crippen LogP contribution is -2.31. The van der Waals surface area contributed by atoms with E-state index < -0.39 is 0 Å². The summed E-state index contributed by atoms with van der Waals surface area (Å²) in [6.45, 7) is 2.55. The Labute approximate surface area is 185 Å². The second-order valence-corrected chi connectivity index (χ2v) is 9.26. The maximum atomic E-state index is 12.2. The molecule has 0 radical (unpaired) electrons. The van der Waals surface area contributed by atoms with E-state index in [1.165, 1.54) is 16.8 Å². The summed E-state index contributed by atoms with van der Waals surface area (Å²) in [4.78, 5) is 31.9. The van der Waals surface area contributed by atoms with Gasteiger partial charge in [-0.2, -0.15) is 5.10 Å². The second-order valence-electron chi connectivity index (χ2n) is 6.33. The Balaban J connectivity index is 1.44. The molecule has 30 heavy (non-hydrogen) atoms. The summed E-state index contributed by atoms with van der Waals surface area (Å²) in [6.07, 6.45) is 3.26. The van der Waals surface area contributed by atoms with Crippen molar-refractivity contribution in [1.29, 1.82) is 0 Å². The number of hydrogen-bond acceptors (Lipinski definition) is 7. The molecule has 0 aromatic carbocycles. The van der Waals surface area contributed by atoms with E-state index in [9.17, 15) is 9.59 Å². The molecule has 4 rings (SSSR count). The molecule has 0 fully saturated rings. The fraction of sp³-hybridized carbons (Fsp3) is 0.143. The minimum atomic E-state index is -0.206. The van der Waals surface area contributed by atoms with E-state index in [1.54, 1.807) is 46.2 Å². The maximum absolute atomic E-state index is 12.2. The molecule has 0 atom stereocenters. The largest absolute Gasteiger partial charge is 0.351 e. The van der Waals surface area contributed by atoms with Crippen LogP contribution in [-0.2, 0) is 11.3 Å². The molecule has 1 amide bonds. The van der Waals surface area contributed by atoms with Gasteiger partial charge in [0.2, 0.25) is 5.91 Å². The van der Waals surface area contributed by atoms with Gasteiger partial charge in [-0.3, -0.25) is 9.59 Å². The van der Waals surface area contributed by atoms with Gasteiger partial charge in [-0.05, 0) is 42.0 Å². The van der Waals surface area contributed by atoms with E-state index in [0.29, 0.717) is 18.8 Å². The standard InChI is InChI=1S/C21H18N4O2S3/c1-14-20(30-21(23-14)17-5-3-13-29-17)16-7-9-19(27)25(24-16)11-10-22-18(26)8-6-15-4-2-12-28-15/h2-9,12-13H,10-11H2,1H3,(H,22,26)/b8-6+. The number of carbonyl (C=O) groups is 1. The first kappa shape index (κ1) is 20.4. The van der Waals surface area contributed by atoms with E-state index in [2.05, 4.69) is 15.4 Å². The highest BCUT2D eigenvalue weighted by Gasteiger charge is 2.14. The van der Waals surface area contributed by atoms with Crippen molar-refractivity contribution in [3.8, 4) is 20.5 Å². The molecule has 0 aliphatic rings. The zero-order valence-corrected chi connectivity index (χ0v) is 18.5. The molecular weight excluding hydrogens is 436 g/mol. The summed E-state index contributed by atoms with van der Waals surface area (Å²) >= 11 is 4.77. The number of amides is 1. The van der Waals surface area contributed by atoms with Crippen LogP contribution >= 0.6 is 34.0 Å². The van der Waals surface area contributed by atoms with E-state index in [4.69, 9.17) is 0 Å². The van der Waals surface area contributed by atoms with Crippen molar-refractivity contribution in [2.24, 2.45) is 0 Å². The maximum Gasteiger partial charge on any atom is 0.266 e. The highest BCUT2D eigenvalue weighted by atomic mass is 32.1. The average molecular weight is 455 g/mol.